The third kappa shape index (κ3) is 5.22. The Hall–Kier alpha value is -2.78. The van der Waals surface area contributed by atoms with Crippen molar-refractivity contribution in [1.82, 2.24) is 15.1 Å². The van der Waals surface area contributed by atoms with Crippen LogP contribution in [0.3, 0.4) is 0 Å². The fourth-order valence-electron chi connectivity index (χ4n) is 2.61. The second-order valence-electron chi connectivity index (χ2n) is 6.05. The smallest absolute Gasteiger partial charge is 0.406 e. The Morgan fingerprint density at radius 1 is 1.13 bits per heavy atom. The number of benzene rings is 2. The molecule has 1 N–H and O–H groups in total. The number of amides is 1. The Kier molecular flexibility index (Phi) is 6.52. The van der Waals surface area contributed by atoms with Gasteiger partial charge in [0.1, 0.15) is 5.82 Å². The van der Waals surface area contributed by atoms with E-state index in [1.165, 1.54) is 6.07 Å². The highest BCUT2D eigenvalue weighted by Gasteiger charge is 2.40. The van der Waals surface area contributed by atoms with E-state index >= 15 is 0 Å². The molecule has 0 saturated heterocycles. The number of carbonyl (C=O) groups is 1. The molecule has 0 atom stereocenters. The van der Waals surface area contributed by atoms with Crippen molar-refractivity contribution in [2.45, 2.75) is 12.6 Å². The van der Waals surface area contributed by atoms with E-state index in [9.17, 15) is 22.4 Å². The second-order valence-corrected chi connectivity index (χ2v) is 6.89. The van der Waals surface area contributed by atoms with Crippen LogP contribution in [0, 0.1) is 5.82 Å². The summed E-state index contributed by atoms with van der Waals surface area (Å²) in [6.45, 7) is 0.0631. The summed E-state index contributed by atoms with van der Waals surface area (Å²) in [5.74, 6) is -1.40. The number of rotatable bonds is 5. The Labute approximate surface area is 178 Å². The zero-order valence-electron chi connectivity index (χ0n) is 15.0. The number of hydrogen-bond donors (Lipinski definition) is 1. The molecule has 0 bridgehead atoms. The summed E-state index contributed by atoms with van der Waals surface area (Å²) in [4.78, 5) is 12.0. The largest absolute Gasteiger partial charge is 0.437 e. The molecule has 1 amide bonds. The quantitative estimate of drug-likeness (QED) is 0.498. The molecule has 0 aliphatic carbocycles. The molecule has 0 fully saturated rings. The Morgan fingerprint density at radius 3 is 2.47 bits per heavy atom. The van der Waals surface area contributed by atoms with E-state index in [2.05, 4.69) is 10.4 Å². The molecule has 0 aliphatic heterocycles. The number of alkyl halides is 3. The van der Waals surface area contributed by atoms with Crippen LogP contribution in [0.15, 0.2) is 48.7 Å². The lowest BCUT2D eigenvalue weighted by Crippen LogP contribution is -2.29. The first-order chi connectivity index (χ1) is 14.1. The van der Waals surface area contributed by atoms with Gasteiger partial charge in [0.15, 0.2) is 11.4 Å². The highest BCUT2D eigenvalue weighted by Crippen LogP contribution is 2.37. The number of nitrogens with zero attached hydrogens (tertiary/aromatic N) is 2. The maximum atomic E-state index is 13.5. The molecule has 11 heteroatoms. The molecule has 0 saturated carbocycles. The topological polar surface area (TPSA) is 56.1 Å². The average Bonchev–Trinajstić information content (AvgIpc) is 3.08. The van der Waals surface area contributed by atoms with Gasteiger partial charge in [-0.3, -0.25) is 0 Å². The van der Waals surface area contributed by atoms with Crippen LogP contribution in [0.25, 0.3) is 5.69 Å². The highest BCUT2D eigenvalue weighted by atomic mass is 35.5. The van der Waals surface area contributed by atoms with Gasteiger partial charge < -0.3 is 10.1 Å². The maximum absolute atomic E-state index is 13.5. The summed E-state index contributed by atoms with van der Waals surface area (Å²) in [7, 11) is 0. The summed E-state index contributed by atoms with van der Waals surface area (Å²) >= 11 is 11.8. The van der Waals surface area contributed by atoms with E-state index in [0.29, 0.717) is 26.7 Å². The van der Waals surface area contributed by atoms with Crippen LogP contribution >= 0.6 is 23.2 Å². The van der Waals surface area contributed by atoms with Crippen molar-refractivity contribution in [3.05, 3.63) is 75.8 Å². The van der Waals surface area contributed by atoms with Gasteiger partial charge in [0.25, 0.3) is 0 Å². The zero-order valence-corrected chi connectivity index (χ0v) is 16.5. The summed E-state index contributed by atoms with van der Waals surface area (Å²) in [6.07, 6.45) is -4.89. The van der Waals surface area contributed by atoms with Gasteiger partial charge in [-0.2, -0.15) is 18.3 Å². The minimum absolute atomic E-state index is 0.0450. The molecule has 1 aromatic heterocycles. The lowest BCUT2D eigenvalue weighted by molar-refractivity contribution is -0.143. The molecule has 2 aromatic carbocycles. The average molecular weight is 462 g/mol. The molecular formula is C19H13Cl2F4N3O2. The van der Waals surface area contributed by atoms with Crippen LogP contribution in [-0.4, -0.2) is 22.4 Å². The Bertz CT molecular complexity index is 1050. The van der Waals surface area contributed by atoms with Crippen LogP contribution in [-0.2, 0) is 12.6 Å². The Morgan fingerprint density at radius 2 is 1.83 bits per heavy atom. The first kappa shape index (κ1) is 21.9. The standard InChI is InChI=1S/C19H13Cl2F4N3O2/c20-12-2-1-11(15(21)9-12)7-8-26-18(29)30-16-10-27-28(17(16)19(23,24)25)14-5-3-13(22)4-6-14/h1-6,9-10H,7-8H2,(H,26,29). The van der Waals surface area contributed by atoms with Gasteiger partial charge in [0, 0.05) is 16.6 Å². The van der Waals surface area contributed by atoms with E-state index in [1.807, 2.05) is 0 Å². The van der Waals surface area contributed by atoms with Gasteiger partial charge in [-0.05, 0) is 48.4 Å². The summed E-state index contributed by atoms with van der Waals surface area (Å²) < 4.78 is 59.0. The van der Waals surface area contributed by atoms with Crippen LogP contribution < -0.4 is 10.1 Å². The molecule has 0 unspecified atom stereocenters. The molecule has 5 nitrogen and oxygen atoms in total. The lowest BCUT2D eigenvalue weighted by atomic mass is 10.1. The van der Waals surface area contributed by atoms with Crippen molar-refractivity contribution in [3.63, 3.8) is 0 Å². The van der Waals surface area contributed by atoms with Crippen LogP contribution in [0.4, 0.5) is 22.4 Å². The molecule has 158 valence electrons. The van der Waals surface area contributed by atoms with Crippen molar-refractivity contribution >= 4 is 29.3 Å². The lowest BCUT2D eigenvalue weighted by Gasteiger charge is -2.13. The van der Waals surface area contributed by atoms with Gasteiger partial charge in [0.2, 0.25) is 0 Å². The van der Waals surface area contributed by atoms with Gasteiger partial charge in [-0.1, -0.05) is 29.3 Å². The number of hydrogen-bond acceptors (Lipinski definition) is 3. The van der Waals surface area contributed by atoms with Crippen molar-refractivity contribution in [2.24, 2.45) is 0 Å². The normalized spacial score (nSPS) is 11.4. The number of ether oxygens (including phenoxy) is 1. The van der Waals surface area contributed by atoms with Gasteiger partial charge in [-0.25, -0.2) is 13.9 Å². The van der Waals surface area contributed by atoms with Crippen molar-refractivity contribution in [1.29, 1.82) is 0 Å². The van der Waals surface area contributed by atoms with Crippen molar-refractivity contribution in [3.8, 4) is 11.4 Å². The third-order valence-electron chi connectivity index (χ3n) is 3.96. The number of aromatic nitrogens is 2. The van der Waals surface area contributed by atoms with Crippen LogP contribution in [0.2, 0.25) is 10.0 Å². The minimum Gasteiger partial charge on any atom is -0.406 e. The van der Waals surface area contributed by atoms with E-state index in [4.69, 9.17) is 27.9 Å². The van der Waals surface area contributed by atoms with Gasteiger partial charge in [0.05, 0.1) is 11.9 Å². The Balaban J connectivity index is 1.71. The molecule has 30 heavy (non-hydrogen) atoms. The molecule has 0 radical (unpaired) electrons. The third-order valence-corrected chi connectivity index (χ3v) is 4.54. The van der Waals surface area contributed by atoms with Gasteiger partial charge >= 0.3 is 12.3 Å². The molecule has 3 aromatic rings. The van der Waals surface area contributed by atoms with E-state index in [1.54, 1.807) is 12.1 Å². The monoisotopic (exact) mass is 461 g/mol. The van der Waals surface area contributed by atoms with E-state index in [0.717, 1.165) is 30.5 Å². The molecular weight excluding hydrogens is 449 g/mol. The molecule has 0 spiro atoms. The number of carbonyl (C=O) groups excluding carboxylic acids is 1. The van der Waals surface area contributed by atoms with Crippen molar-refractivity contribution < 1.29 is 27.1 Å². The summed E-state index contributed by atoms with van der Waals surface area (Å²) in [5.41, 5.74) is -0.650. The second kappa shape index (κ2) is 8.93. The molecule has 3 rings (SSSR count). The predicted molar refractivity (Wildman–Crippen MR) is 103 cm³/mol. The summed E-state index contributed by atoms with van der Waals surface area (Å²) in [5, 5.41) is 6.83. The van der Waals surface area contributed by atoms with Crippen LogP contribution in [0.5, 0.6) is 5.75 Å². The minimum atomic E-state index is -4.88. The number of nitrogens with one attached hydrogen (secondary N) is 1. The molecule has 0 aliphatic rings. The molecule has 1 heterocycles. The fraction of sp³-hybridized carbons (Fsp3) is 0.158. The highest BCUT2D eigenvalue weighted by molar-refractivity contribution is 6.35. The predicted octanol–water partition coefficient (Wildman–Crippen LogP) is 5.67. The van der Waals surface area contributed by atoms with Crippen LogP contribution in [0.1, 0.15) is 11.3 Å². The first-order valence-electron chi connectivity index (χ1n) is 8.46. The zero-order chi connectivity index (χ0) is 21.9. The fourth-order valence-corrected chi connectivity index (χ4v) is 3.11. The maximum Gasteiger partial charge on any atom is 0.437 e. The van der Waals surface area contributed by atoms with Crippen molar-refractivity contribution in [2.75, 3.05) is 6.54 Å². The van der Waals surface area contributed by atoms with Gasteiger partial charge in [-0.15, -0.1) is 0 Å². The first-order valence-corrected chi connectivity index (χ1v) is 9.21. The summed E-state index contributed by atoms with van der Waals surface area (Å²) in [6, 6.07) is 9.07. The van der Waals surface area contributed by atoms with E-state index < -0.39 is 29.5 Å². The SMILES string of the molecule is O=C(NCCc1ccc(Cl)cc1Cl)Oc1cnn(-c2ccc(F)cc2)c1C(F)(F)F. The van der Waals surface area contributed by atoms with E-state index in [-0.39, 0.29) is 12.2 Å². The number of halogens is 6.